The summed E-state index contributed by atoms with van der Waals surface area (Å²) in [5, 5.41) is 14.5. The first-order valence-corrected chi connectivity index (χ1v) is 8.19. The standard InChI is InChI=1S/C17H19N3S/c1-19-8-6-16(17-3-2-10-21-17)20-9-7-14-11-13(12-18)4-5-15(14)20/h2-5,10-11,16,19H,6-9H2,1H3. The normalized spacial score (nSPS) is 14.8. The van der Waals surface area contributed by atoms with Crippen LogP contribution < -0.4 is 10.2 Å². The summed E-state index contributed by atoms with van der Waals surface area (Å²) in [5.41, 5.74) is 3.36. The third kappa shape index (κ3) is 2.80. The van der Waals surface area contributed by atoms with Crippen LogP contribution in [0, 0.1) is 11.3 Å². The molecule has 1 unspecified atom stereocenters. The van der Waals surface area contributed by atoms with Crippen LogP contribution in [0.3, 0.4) is 0 Å². The Morgan fingerprint density at radius 1 is 1.43 bits per heavy atom. The van der Waals surface area contributed by atoms with E-state index in [4.69, 9.17) is 5.26 Å². The van der Waals surface area contributed by atoms with E-state index in [1.54, 1.807) is 0 Å². The lowest BCUT2D eigenvalue weighted by atomic mass is 10.1. The van der Waals surface area contributed by atoms with Crippen LogP contribution in [0.15, 0.2) is 35.7 Å². The fourth-order valence-corrected chi connectivity index (χ4v) is 3.91. The molecule has 4 heteroatoms. The molecule has 1 aliphatic heterocycles. The molecular weight excluding hydrogens is 278 g/mol. The summed E-state index contributed by atoms with van der Waals surface area (Å²) in [4.78, 5) is 3.92. The molecule has 0 saturated carbocycles. The number of thiophene rings is 1. The maximum atomic E-state index is 9.04. The lowest BCUT2D eigenvalue weighted by Gasteiger charge is -2.30. The van der Waals surface area contributed by atoms with Gasteiger partial charge in [0.1, 0.15) is 0 Å². The fourth-order valence-electron chi connectivity index (χ4n) is 3.03. The average molecular weight is 297 g/mol. The minimum absolute atomic E-state index is 0.423. The summed E-state index contributed by atoms with van der Waals surface area (Å²) in [6.07, 6.45) is 2.13. The predicted molar refractivity (Wildman–Crippen MR) is 87.8 cm³/mol. The Hall–Kier alpha value is -1.83. The lowest BCUT2D eigenvalue weighted by molar-refractivity contribution is 0.576. The van der Waals surface area contributed by atoms with Crippen LogP contribution in [0.1, 0.15) is 28.5 Å². The molecule has 0 bridgehead atoms. The van der Waals surface area contributed by atoms with Crippen molar-refractivity contribution in [2.45, 2.75) is 18.9 Å². The topological polar surface area (TPSA) is 39.1 Å². The summed E-state index contributed by atoms with van der Waals surface area (Å²) in [7, 11) is 2.00. The summed E-state index contributed by atoms with van der Waals surface area (Å²) in [6, 6.07) is 13.1. The summed E-state index contributed by atoms with van der Waals surface area (Å²) >= 11 is 1.83. The zero-order chi connectivity index (χ0) is 14.7. The third-order valence-electron chi connectivity index (χ3n) is 4.06. The van der Waals surface area contributed by atoms with E-state index in [0.717, 1.165) is 31.5 Å². The SMILES string of the molecule is CNCCC(c1cccs1)N1CCc2cc(C#N)ccc21. The van der Waals surface area contributed by atoms with Crippen LogP contribution >= 0.6 is 11.3 Å². The van der Waals surface area contributed by atoms with Crippen LogP contribution in [-0.2, 0) is 6.42 Å². The van der Waals surface area contributed by atoms with Gasteiger partial charge in [-0.1, -0.05) is 6.07 Å². The van der Waals surface area contributed by atoms with Crippen LogP contribution in [0.5, 0.6) is 0 Å². The minimum atomic E-state index is 0.423. The van der Waals surface area contributed by atoms with Gasteiger partial charge in [-0.2, -0.15) is 5.26 Å². The van der Waals surface area contributed by atoms with Crippen molar-refractivity contribution in [3.8, 4) is 6.07 Å². The van der Waals surface area contributed by atoms with E-state index in [9.17, 15) is 0 Å². The number of hydrogen-bond donors (Lipinski definition) is 1. The van der Waals surface area contributed by atoms with Gasteiger partial charge in [0, 0.05) is 17.1 Å². The van der Waals surface area contributed by atoms with Crippen molar-refractivity contribution in [2.75, 3.05) is 25.0 Å². The van der Waals surface area contributed by atoms with Crippen LogP contribution in [0.25, 0.3) is 0 Å². The number of nitrogens with zero attached hydrogens (tertiary/aromatic N) is 2. The van der Waals surface area contributed by atoms with Gasteiger partial charge in [-0.15, -0.1) is 11.3 Å². The molecule has 1 aromatic heterocycles. The van der Waals surface area contributed by atoms with Gasteiger partial charge in [0.15, 0.2) is 0 Å². The molecule has 2 heterocycles. The first-order valence-electron chi connectivity index (χ1n) is 7.31. The number of rotatable bonds is 5. The number of nitriles is 1. The molecule has 0 amide bonds. The molecule has 0 spiro atoms. The largest absolute Gasteiger partial charge is 0.363 e. The highest BCUT2D eigenvalue weighted by atomic mass is 32.1. The zero-order valence-electron chi connectivity index (χ0n) is 12.2. The first kappa shape index (κ1) is 14.1. The van der Waals surface area contributed by atoms with Crippen molar-refractivity contribution in [1.82, 2.24) is 5.32 Å². The van der Waals surface area contributed by atoms with Gasteiger partial charge in [-0.3, -0.25) is 0 Å². The Labute approximate surface area is 129 Å². The van der Waals surface area contributed by atoms with Gasteiger partial charge < -0.3 is 10.2 Å². The highest BCUT2D eigenvalue weighted by Crippen LogP contribution is 2.38. The molecule has 0 saturated heterocycles. The Morgan fingerprint density at radius 2 is 2.33 bits per heavy atom. The fraction of sp³-hybridized carbons (Fsp3) is 0.353. The molecule has 1 aromatic carbocycles. The number of benzene rings is 1. The maximum absolute atomic E-state index is 9.04. The van der Waals surface area contributed by atoms with Gasteiger partial charge >= 0.3 is 0 Å². The van der Waals surface area contributed by atoms with Gasteiger partial charge in [-0.25, -0.2) is 0 Å². The zero-order valence-corrected chi connectivity index (χ0v) is 13.0. The second-order valence-electron chi connectivity index (χ2n) is 5.32. The van der Waals surface area contributed by atoms with Crippen molar-refractivity contribution in [3.05, 3.63) is 51.7 Å². The maximum Gasteiger partial charge on any atom is 0.0991 e. The van der Waals surface area contributed by atoms with Crippen LogP contribution in [0.4, 0.5) is 5.69 Å². The van der Waals surface area contributed by atoms with Crippen molar-refractivity contribution in [1.29, 1.82) is 5.26 Å². The molecule has 0 fully saturated rings. The van der Waals surface area contributed by atoms with Crippen molar-refractivity contribution in [3.63, 3.8) is 0 Å². The molecule has 21 heavy (non-hydrogen) atoms. The first-order chi connectivity index (χ1) is 10.3. The molecular formula is C17H19N3S. The van der Waals surface area contributed by atoms with Crippen molar-refractivity contribution < 1.29 is 0 Å². The number of fused-ring (bicyclic) bond motifs is 1. The average Bonchev–Trinajstić information content (AvgIpc) is 3.17. The second-order valence-corrected chi connectivity index (χ2v) is 6.30. The molecule has 3 rings (SSSR count). The molecule has 1 atom stereocenters. The van der Waals surface area contributed by atoms with E-state index in [1.807, 2.05) is 30.5 Å². The molecule has 2 aromatic rings. The molecule has 108 valence electrons. The Bertz CT molecular complexity index is 643. The molecule has 1 aliphatic rings. The van der Waals surface area contributed by atoms with Crippen LogP contribution in [0.2, 0.25) is 0 Å². The van der Waals surface area contributed by atoms with Gasteiger partial charge in [0.05, 0.1) is 17.7 Å². The van der Waals surface area contributed by atoms with Crippen LogP contribution in [-0.4, -0.2) is 20.1 Å². The molecule has 3 nitrogen and oxygen atoms in total. The van der Waals surface area contributed by atoms with E-state index >= 15 is 0 Å². The van der Waals surface area contributed by atoms with E-state index in [0.29, 0.717) is 6.04 Å². The van der Waals surface area contributed by atoms with E-state index < -0.39 is 0 Å². The molecule has 1 N–H and O–H groups in total. The van der Waals surface area contributed by atoms with Gasteiger partial charge in [0.2, 0.25) is 0 Å². The highest BCUT2D eigenvalue weighted by Gasteiger charge is 2.27. The van der Waals surface area contributed by atoms with Crippen molar-refractivity contribution >= 4 is 17.0 Å². The Kier molecular flexibility index (Phi) is 4.23. The summed E-state index contributed by atoms with van der Waals surface area (Å²) in [6.45, 7) is 2.04. The van der Waals surface area contributed by atoms with Gasteiger partial charge in [-0.05, 0) is 61.6 Å². The smallest absolute Gasteiger partial charge is 0.0991 e. The van der Waals surface area contributed by atoms with E-state index in [1.165, 1.54) is 16.1 Å². The Balaban J connectivity index is 1.91. The summed E-state index contributed by atoms with van der Waals surface area (Å²) < 4.78 is 0. The van der Waals surface area contributed by atoms with Crippen molar-refractivity contribution in [2.24, 2.45) is 0 Å². The monoisotopic (exact) mass is 297 g/mol. The predicted octanol–water partition coefficient (Wildman–Crippen LogP) is 3.33. The number of nitrogens with one attached hydrogen (secondary N) is 1. The summed E-state index contributed by atoms with van der Waals surface area (Å²) in [5.74, 6) is 0. The Morgan fingerprint density at radius 3 is 3.05 bits per heavy atom. The minimum Gasteiger partial charge on any atom is -0.363 e. The van der Waals surface area contributed by atoms with E-state index in [2.05, 4.69) is 39.9 Å². The molecule has 0 radical (unpaired) electrons. The van der Waals surface area contributed by atoms with Gasteiger partial charge in [0.25, 0.3) is 0 Å². The number of anilines is 1. The quantitative estimate of drug-likeness (QED) is 0.920. The third-order valence-corrected chi connectivity index (χ3v) is 5.03. The number of hydrogen-bond acceptors (Lipinski definition) is 4. The van der Waals surface area contributed by atoms with E-state index in [-0.39, 0.29) is 0 Å². The highest BCUT2D eigenvalue weighted by molar-refractivity contribution is 7.10. The second kappa shape index (κ2) is 6.30. The lowest BCUT2D eigenvalue weighted by Crippen LogP contribution is -2.28. The molecule has 0 aliphatic carbocycles.